The van der Waals surface area contributed by atoms with E-state index in [4.69, 9.17) is 0 Å². The Kier molecular flexibility index (Phi) is 4.88. The molecule has 0 fully saturated rings. The summed E-state index contributed by atoms with van der Waals surface area (Å²) in [5, 5.41) is 3.56. The van der Waals surface area contributed by atoms with E-state index in [1.165, 1.54) is 0 Å². The lowest BCUT2D eigenvalue weighted by molar-refractivity contribution is -0.109. The molecule has 0 radical (unpaired) electrons. The Morgan fingerprint density at radius 1 is 0.708 bits per heavy atom. The van der Waals surface area contributed by atoms with E-state index in [2.05, 4.69) is 41.7 Å². The molecule has 2 nitrogen and oxygen atoms in total. The van der Waals surface area contributed by atoms with Crippen molar-refractivity contribution >= 4 is 6.29 Å². The number of aldehydes is 1. The maximum atomic E-state index is 11.4. The SMILES string of the molecule is CC(C=O)NC(c1ccccc1)(c1ccccc1)c1ccccc1. The highest BCUT2D eigenvalue weighted by atomic mass is 16.1. The van der Waals surface area contributed by atoms with E-state index in [0.717, 1.165) is 23.0 Å². The summed E-state index contributed by atoms with van der Waals surface area (Å²) in [7, 11) is 0. The summed E-state index contributed by atoms with van der Waals surface area (Å²) in [4.78, 5) is 11.4. The number of hydrogen-bond acceptors (Lipinski definition) is 2. The fourth-order valence-electron chi connectivity index (χ4n) is 3.19. The molecule has 3 aromatic rings. The maximum Gasteiger partial charge on any atom is 0.136 e. The largest absolute Gasteiger partial charge is 0.302 e. The van der Waals surface area contributed by atoms with Gasteiger partial charge in [0.25, 0.3) is 0 Å². The van der Waals surface area contributed by atoms with Crippen LogP contribution in [0.4, 0.5) is 0 Å². The van der Waals surface area contributed by atoms with Gasteiger partial charge in [-0.15, -0.1) is 0 Å². The zero-order chi connectivity index (χ0) is 16.8. The molecule has 0 bridgehead atoms. The third-order valence-electron chi connectivity index (χ3n) is 4.27. The van der Waals surface area contributed by atoms with E-state index < -0.39 is 5.54 Å². The summed E-state index contributed by atoms with van der Waals surface area (Å²) in [5.74, 6) is 0. The van der Waals surface area contributed by atoms with E-state index in [1.54, 1.807) is 0 Å². The summed E-state index contributed by atoms with van der Waals surface area (Å²) < 4.78 is 0. The van der Waals surface area contributed by atoms with Crippen LogP contribution in [-0.4, -0.2) is 12.3 Å². The van der Waals surface area contributed by atoms with Crippen molar-refractivity contribution in [2.75, 3.05) is 0 Å². The van der Waals surface area contributed by atoms with Gasteiger partial charge in [-0.2, -0.15) is 0 Å². The second-order valence-electron chi connectivity index (χ2n) is 5.92. The lowest BCUT2D eigenvalue weighted by Gasteiger charge is -2.38. The lowest BCUT2D eigenvalue weighted by atomic mass is 9.76. The zero-order valence-electron chi connectivity index (χ0n) is 13.7. The van der Waals surface area contributed by atoms with Gasteiger partial charge < -0.3 is 4.79 Å². The third-order valence-corrected chi connectivity index (χ3v) is 4.27. The first kappa shape index (κ1) is 16.2. The molecule has 0 aromatic heterocycles. The first-order chi connectivity index (χ1) is 11.8. The molecular formula is C22H21NO. The smallest absolute Gasteiger partial charge is 0.136 e. The summed E-state index contributed by atoms with van der Waals surface area (Å²) in [5.41, 5.74) is 2.74. The van der Waals surface area contributed by atoms with Gasteiger partial charge in [-0.25, -0.2) is 0 Å². The average molecular weight is 315 g/mol. The Hall–Kier alpha value is -2.71. The molecule has 0 aliphatic heterocycles. The van der Waals surface area contributed by atoms with Crippen LogP contribution < -0.4 is 5.32 Å². The van der Waals surface area contributed by atoms with E-state index in [9.17, 15) is 4.79 Å². The highest BCUT2D eigenvalue weighted by Gasteiger charge is 2.36. The van der Waals surface area contributed by atoms with Gasteiger partial charge in [-0.3, -0.25) is 5.32 Å². The number of benzene rings is 3. The molecule has 0 aliphatic rings. The van der Waals surface area contributed by atoms with E-state index in [-0.39, 0.29) is 6.04 Å². The number of carbonyl (C=O) groups excluding carboxylic acids is 1. The zero-order valence-corrected chi connectivity index (χ0v) is 13.7. The predicted octanol–water partition coefficient (Wildman–Crippen LogP) is 4.16. The molecule has 120 valence electrons. The predicted molar refractivity (Wildman–Crippen MR) is 97.9 cm³/mol. The van der Waals surface area contributed by atoms with Gasteiger partial charge in [-0.1, -0.05) is 91.0 Å². The summed E-state index contributed by atoms with van der Waals surface area (Å²) in [6, 6.07) is 30.5. The van der Waals surface area contributed by atoms with Crippen LogP contribution in [0.25, 0.3) is 0 Å². The molecule has 1 atom stereocenters. The normalized spacial score (nSPS) is 12.5. The van der Waals surface area contributed by atoms with Gasteiger partial charge in [0.1, 0.15) is 6.29 Å². The van der Waals surface area contributed by atoms with E-state index in [1.807, 2.05) is 61.5 Å². The van der Waals surface area contributed by atoms with Crippen LogP contribution in [-0.2, 0) is 10.3 Å². The summed E-state index contributed by atoms with van der Waals surface area (Å²) in [6.45, 7) is 1.89. The minimum absolute atomic E-state index is 0.286. The van der Waals surface area contributed by atoms with Gasteiger partial charge in [0.05, 0.1) is 11.6 Å². The maximum absolute atomic E-state index is 11.4. The Labute approximate surface area is 143 Å². The highest BCUT2D eigenvalue weighted by Crippen LogP contribution is 2.36. The van der Waals surface area contributed by atoms with Gasteiger partial charge >= 0.3 is 0 Å². The van der Waals surface area contributed by atoms with Crippen molar-refractivity contribution in [3.05, 3.63) is 108 Å². The van der Waals surface area contributed by atoms with E-state index >= 15 is 0 Å². The third kappa shape index (κ3) is 3.01. The molecule has 1 unspecified atom stereocenters. The molecule has 0 saturated carbocycles. The van der Waals surface area contributed by atoms with Crippen molar-refractivity contribution in [3.8, 4) is 0 Å². The first-order valence-electron chi connectivity index (χ1n) is 8.17. The Morgan fingerprint density at radius 3 is 1.33 bits per heavy atom. The van der Waals surface area contributed by atoms with Crippen LogP contribution in [0.5, 0.6) is 0 Å². The molecule has 0 amide bonds. The monoisotopic (exact) mass is 315 g/mol. The number of rotatable bonds is 6. The van der Waals surface area contributed by atoms with Crippen molar-refractivity contribution in [3.63, 3.8) is 0 Å². The molecule has 2 heteroatoms. The van der Waals surface area contributed by atoms with Crippen molar-refractivity contribution in [1.29, 1.82) is 0 Å². The molecule has 0 spiro atoms. The quantitative estimate of drug-likeness (QED) is 0.547. The second-order valence-corrected chi connectivity index (χ2v) is 5.92. The Bertz CT molecular complexity index is 672. The Balaban J connectivity index is 2.30. The molecular weight excluding hydrogens is 294 g/mol. The molecule has 3 aromatic carbocycles. The van der Waals surface area contributed by atoms with Crippen molar-refractivity contribution < 1.29 is 4.79 Å². The molecule has 0 saturated heterocycles. The van der Waals surface area contributed by atoms with Gasteiger partial charge in [0, 0.05) is 0 Å². The van der Waals surface area contributed by atoms with Gasteiger partial charge in [0.15, 0.2) is 0 Å². The van der Waals surface area contributed by atoms with Gasteiger partial charge in [0.2, 0.25) is 0 Å². The van der Waals surface area contributed by atoms with Crippen molar-refractivity contribution in [1.82, 2.24) is 5.32 Å². The molecule has 24 heavy (non-hydrogen) atoms. The van der Waals surface area contributed by atoms with Crippen molar-refractivity contribution in [2.24, 2.45) is 0 Å². The molecule has 3 rings (SSSR count). The van der Waals surface area contributed by atoms with Crippen molar-refractivity contribution in [2.45, 2.75) is 18.5 Å². The fourth-order valence-corrected chi connectivity index (χ4v) is 3.19. The molecule has 0 heterocycles. The number of carbonyl (C=O) groups is 1. The summed E-state index contributed by atoms with van der Waals surface area (Å²) in [6.07, 6.45) is 0.948. The standard InChI is InChI=1S/C22H21NO/c1-18(17-24)23-22(19-11-5-2-6-12-19,20-13-7-3-8-14-20)21-15-9-4-10-16-21/h2-18,23H,1H3. The highest BCUT2D eigenvalue weighted by molar-refractivity contribution is 5.59. The number of hydrogen-bond donors (Lipinski definition) is 1. The summed E-state index contributed by atoms with van der Waals surface area (Å²) >= 11 is 0. The van der Waals surface area contributed by atoms with Gasteiger partial charge in [-0.05, 0) is 23.6 Å². The lowest BCUT2D eigenvalue weighted by Crippen LogP contribution is -2.49. The van der Waals surface area contributed by atoms with Crippen LogP contribution in [0.3, 0.4) is 0 Å². The van der Waals surface area contributed by atoms with Crippen LogP contribution >= 0.6 is 0 Å². The van der Waals surface area contributed by atoms with Crippen LogP contribution in [0.1, 0.15) is 23.6 Å². The molecule has 1 N–H and O–H groups in total. The van der Waals surface area contributed by atoms with Crippen LogP contribution in [0, 0.1) is 0 Å². The average Bonchev–Trinajstić information content (AvgIpc) is 2.68. The van der Waals surface area contributed by atoms with Crippen LogP contribution in [0.15, 0.2) is 91.0 Å². The Morgan fingerprint density at radius 2 is 1.04 bits per heavy atom. The second kappa shape index (κ2) is 7.24. The number of nitrogens with one attached hydrogen (secondary N) is 1. The minimum atomic E-state index is -0.579. The fraction of sp³-hybridized carbons (Fsp3) is 0.136. The first-order valence-corrected chi connectivity index (χ1v) is 8.17. The van der Waals surface area contributed by atoms with Crippen LogP contribution in [0.2, 0.25) is 0 Å². The topological polar surface area (TPSA) is 29.1 Å². The van der Waals surface area contributed by atoms with E-state index in [0.29, 0.717) is 0 Å². The minimum Gasteiger partial charge on any atom is -0.302 e. The molecule has 0 aliphatic carbocycles.